The molecule has 0 radical (unpaired) electrons. The smallest absolute Gasteiger partial charge is 0.320 e. The first-order valence-corrected chi connectivity index (χ1v) is 11.0. The first-order chi connectivity index (χ1) is 13.6. The van der Waals surface area contributed by atoms with Crippen molar-refractivity contribution in [2.75, 3.05) is 25.5 Å². The topological polar surface area (TPSA) is 71.4 Å². The molecule has 1 saturated heterocycles. The van der Waals surface area contributed by atoms with Gasteiger partial charge in [-0.1, -0.05) is 19.3 Å². The van der Waals surface area contributed by atoms with E-state index in [1.54, 1.807) is 7.11 Å². The van der Waals surface area contributed by atoms with Gasteiger partial charge in [-0.25, -0.2) is 4.79 Å². The Morgan fingerprint density at radius 2 is 1.96 bits per heavy atom. The number of hydrogen-bond donors (Lipinski definition) is 2. The van der Waals surface area contributed by atoms with E-state index in [1.807, 2.05) is 6.07 Å². The van der Waals surface area contributed by atoms with Gasteiger partial charge in [0.05, 0.1) is 12.1 Å². The van der Waals surface area contributed by atoms with Crippen LogP contribution >= 0.6 is 0 Å². The molecule has 1 aromatic heterocycles. The van der Waals surface area contributed by atoms with Crippen molar-refractivity contribution >= 4 is 11.8 Å². The predicted molar refractivity (Wildman–Crippen MR) is 110 cm³/mol. The monoisotopic (exact) mass is 389 g/mol. The van der Waals surface area contributed by atoms with Crippen molar-refractivity contribution in [3.8, 4) is 0 Å². The largest absolute Gasteiger partial charge is 0.380 e. The fourth-order valence-electron chi connectivity index (χ4n) is 5.36. The summed E-state index contributed by atoms with van der Waals surface area (Å²) in [6.45, 7) is 4.12. The molecule has 2 saturated carbocycles. The van der Waals surface area contributed by atoms with Crippen LogP contribution in [0.3, 0.4) is 0 Å². The first kappa shape index (κ1) is 19.7. The number of aryl methyl sites for hydroxylation is 1. The Bertz CT molecular complexity index is 670. The van der Waals surface area contributed by atoms with Crippen molar-refractivity contribution in [1.29, 1.82) is 0 Å². The summed E-state index contributed by atoms with van der Waals surface area (Å²) in [5.41, 5.74) is 1.13. The van der Waals surface area contributed by atoms with E-state index in [2.05, 4.69) is 32.2 Å². The molecule has 1 aromatic rings. The fourth-order valence-corrected chi connectivity index (χ4v) is 5.36. The van der Waals surface area contributed by atoms with Crippen LogP contribution in [0.25, 0.3) is 0 Å². The number of aromatic nitrogens is 2. The highest BCUT2D eigenvalue weighted by molar-refractivity contribution is 5.88. The summed E-state index contributed by atoms with van der Waals surface area (Å²) in [7, 11) is 1.79. The molecule has 0 aromatic carbocycles. The zero-order valence-corrected chi connectivity index (χ0v) is 17.3. The van der Waals surface area contributed by atoms with Crippen LogP contribution in [0.4, 0.5) is 10.6 Å². The second kappa shape index (κ2) is 8.82. The van der Waals surface area contributed by atoms with Gasteiger partial charge < -0.3 is 10.1 Å². The third kappa shape index (κ3) is 4.35. The summed E-state index contributed by atoms with van der Waals surface area (Å²) < 4.78 is 7.62. The van der Waals surface area contributed by atoms with Gasteiger partial charge in [0, 0.05) is 44.0 Å². The van der Waals surface area contributed by atoms with Crippen molar-refractivity contribution in [3.05, 3.63) is 11.8 Å². The summed E-state index contributed by atoms with van der Waals surface area (Å²) in [5, 5.41) is 10.9. The number of likely N-dealkylation sites (tertiary alicyclic amines) is 1. The molecule has 1 unspecified atom stereocenters. The number of urea groups is 1. The van der Waals surface area contributed by atoms with Crippen LogP contribution in [0.15, 0.2) is 6.07 Å². The van der Waals surface area contributed by atoms with Gasteiger partial charge in [-0.05, 0) is 45.4 Å². The molecule has 3 fully saturated rings. The number of methoxy groups -OCH3 is 1. The summed E-state index contributed by atoms with van der Waals surface area (Å²) >= 11 is 0. The highest BCUT2D eigenvalue weighted by Gasteiger charge is 2.36. The van der Waals surface area contributed by atoms with Crippen molar-refractivity contribution in [3.63, 3.8) is 0 Å². The Morgan fingerprint density at radius 1 is 1.14 bits per heavy atom. The number of ether oxygens (including phenoxy) is 1. The van der Waals surface area contributed by atoms with Crippen LogP contribution in [-0.2, 0) is 4.74 Å². The molecular weight excluding hydrogens is 354 g/mol. The Hall–Kier alpha value is -1.60. The molecule has 2 amide bonds. The van der Waals surface area contributed by atoms with Gasteiger partial charge in [-0.3, -0.25) is 14.9 Å². The van der Waals surface area contributed by atoms with E-state index in [0.717, 1.165) is 38.0 Å². The number of hydrogen-bond acceptors (Lipinski definition) is 4. The first-order valence-electron chi connectivity index (χ1n) is 11.0. The summed E-state index contributed by atoms with van der Waals surface area (Å²) in [5.74, 6) is 0.663. The van der Waals surface area contributed by atoms with Crippen LogP contribution in [-0.4, -0.2) is 59.1 Å². The Labute approximate surface area is 168 Å². The highest BCUT2D eigenvalue weighted by Crippen LogP contribution is 2.30. The molecular formula is C21H35N5O2. The van der Waals surface area contributed by atoms with Gasteiger partial charge in [-0.15, -0.1) is 0 Å². The minimum atomic E-state index is -0.132. The number of rotatable bonds is 5. The average Bonchev–Trinajstić information content (AvgIpc) is 3.42. The van der Waals surface area contributed by atoms with E-state index < -0.39 is 0 Å². The van der Waals surface area contributed by atoms with Gasteiger partial charge >= 0.3 is 6.03 Å². The van der Waals surface area contributed by atoms with Gasteiger partial charge in [0.25, 0.3) is 0 Å². The number of carbonyl (C=O) groups is 1. The van der Waals surface area contributed by atoms with E-state index >= 15 is 0 Å². The molecule has 0 spiro atoms. The molecule has 3 atom stereocenters. The molecule has 156 valence electrons. The maximum atomic E-state index is 12.6. The molecule has 3 aliphatic rings. The van der Waals surface area contributed by atoms with Gasteiger partial charge in [0.15, 0.2) is 5.82 Å². The lowest BCUT2D eigenvalue weighted by atomic mass is 9.95. The van der Waals surface area contributed by atoms with Gasteiger partial charge in [0.1, 0.15) is 0 Å². The van der Waals surface area contributed by atoms with Crippen molar-refractivity contribution in [2.45, 2.75) is 88.9 Å². The lowest BCUT2D eigenvalue weighted by molar-refractivity contribution is 0.0985. The molecule has 7 nitrogen and oxygen atoms in total. The van der Waals surface area contributed by atoms with E-state index in [4.69, 9.17) is 4.74 Å². The van der Waals surface area contributed by atoms with E-state index in [1.165, 1.54) is 38.5 Å². The fraction of sp³-hybridized carbons (Fsp3) is 0.810. The second-order valence-corrected chi connectivity index (χ2v) is 8.75. The Morgan fingerprint density at radius 3 is 2.71 bits per heavy atom. The van der Waals surface area contributed by atoms with Crippen LogP contribution < -0.4 is 10.6 Å². The standard InChI is InChI=1S/C21H35N5O2/c1-15-13-20(24-26(15)16-7-4-3-5-8-16)23-21(27)22-18-9-6-10-19(18)25-12-11-17(14-25)28-2/h13,16-19H,3-12,14H2,1-2H3,(H2,22,23,24,27)/t17?,18-,19+/m0/s1. The van der Waals surface area contributed by atoms with Gasteiger partial charge in [0.2, 0.25) is 0 Å². The molecule has 0 bridgehead atoms. The zero-order valence-electron chi connectivity index (χ0n) is 17.3. The maximum Gasteiger partial charge on any atom is 0.320 e. The SMILES string of the molecule is COC1CCN([C@@H]2CCC[C@@H]2NC(=O)Nc2cc(C)n(C3CCCCC3)n2)C1. The number of nitrogens with one attached hydrogen (secondary N) is 2. The van der Waals surface area contributed by atoms with E-state index in [-0.39, 0.29) is 12.1 Å². The Balaban J connectivity index is 1.33. The predicted octanol–water partition coefficient (Wildman–Crippen LogP) is 3.46. The minimum Gasteiger partial charge on any atom is -0.380 e. The van der Waals surface area contributed by atoms with E-state index in [9.17, 15) is 4.79 Å². The second-order valence-electron chi connectivity index (χ2n) is 8.75. The molecule has 28 heavy (non-hydrogen) atoms. The molecule has 1 aliphatic heterocycles. The normalized spacial score (nSPS) is 29.3. The van der Waals surface area contributed by atoms with Crippen molar-refractivity contribution in [1.82, 2.24) is 20.0 Å². The lowest BCUT2D eigenvalue weighted by Gasteiger charge is -2.29. The van der Waals surface area contributed by atoms with Crippen LogP contribution in [0.5, 0.6) is 0 Å². The molecule has 2 N–H and O–H groups in total. The third-order valence-electron chi connectivity index (χ3n) is 6.86. The van der Waals surface area contributed by atoms with Crippen molar-refractivity contribution in [2.24, 2.45) is 0 Å². The average molecular weight is 390 g/mol. The van der Waals surface area contributed by atoms with Crippen LogP contribution in [0, 0.1) is 6.92 Å². The molecule has 7 heteroatoms. The zero-order chi connectivity index (χ0) is 19.5. The van der Waals surface area contributed by atoms with E-state index in [0.29, 0.717) is 24.0 Å². The molecule has 2 heterocycles. The Kier molecular flexibility index (Phi) is 6.21. The van der Waals surface area contributed by atoms with Crippen molar-refractivity contribution < 1.29 is 9.53 Å². The minimum absolute atomic E-state index is 0.132. The van der Waals surface area contributed by atoms with Crippen LogP contribution in [0.2, 0.25) is 0 Å². The number of anilines is 1. The number of carbonyl (C=O) groups excluding carboxylic acids is 1. The number of nitrogens with zero attached hydrogens (tertiary/aromatic N) is 3. The molecule has 2 aliphatic carbocycles. The van der Waals surface area contributed by atoms with Gasteiger partial charge in [-0.2, -0.15) is 5.10 Å². The molecule has 4 rings (SSSR count). The number of amides is 2. The maximum absolute atomic E-state index is 12.6. The lowest BCUT2D eigenvalue weighted by Crippen LogP contribution is -2.49. The third-order valence-corrected chi connectivity index (χ3v) is 6.86. The summed E-state index contributed by atoms with van der Waals surface area (Å²) in [4.78, 5) is 15.1. The quantitative estimate of drug-likeness (QED) is 0.809. The van der Waals surface area contributed by atoms with Crippen LogP contribution in [0.1, 0.15) is 69.5 Å². The summed E-state index contributed by atoms with van der Waals surface area (Å²) in [6.07, 6.45) is 11.0. The highest BCUT2D eigenvalue weighted by atomic mass is 16.5. The summed E-state index contributed by atoms with van der Waals surface area (Å²) in [6, 6.07) is 2.97.